The highest BCUT2D eigenvalue weighted by molar-refractivity contribution is 5.86. The minimum absolute atomic E-state index is 0.0392. The predicted octanol–water partition coefficient (Wildman–Crippen LogP) is 11.2. The SMILES string of the molecule is C=CC(=O)Oc1c(-c2nc(-c3ccc(OCCCCCC)c(C)c3O)nc(-c3ccc(OCCCCCC)c(C)c3O)n2)ccc(OCCCCCC)c1C. The third kappa shape index (κ3) is 11.4. The van der Waals surface area contributed by atoms with E-state index in [9.17, 15) is 15.0 Å². The molecule has 0 saturated heterocycles. The van der Waals surface area contributed by atoms with Crippen LogP contribution in [0.15, 0.2) is 49.1 Å². The summed E-state index contributed by atoms with van der Waals surface area (Å²) < 4.78 is 24.0. The molecule has 1 heterocycles. The van der Waals surface area contributed by atoms with Gasteiger partial charge in [-0.2, -0.15) is 0 Å². The highest BCUT2D eigenvalue weighted by atomic mass is 16.5. The van der Waals surface area contributed by atoms with Gasteiger partial charge >= 0.3 is 5.97 Å². The molecular formula is C45H59N3O7. The predicted molar refractivity (Wildman–Crippen MR) is 218 cm³/mol. The van der Waals surface area contributed by atoms with E-state index in [2.05, 4.69) is 27.4 Å². The van der Waals surface area contributed by atoms with E-state index in [1.807, 2.05) is 6.92 Å². The summed E-state index contributed by atoms with van der Waals surface area (Å²) in [5.74, 6) is 1.65. The van der Waals surface area contributed by atoms with Crippen LogP contribution in [0.25, 0.3) is 34.2 Å². The number of phenolic OH excluding ortho intramolecular Hbond substituents is 2. The van der Waals surface area contributed by atoms with E-state index in [0.29, 0.717) is 70.4 Å². The molecule has 0 radical (unpaired) electrons. The zero-order valence-corrected chi connectivity index (χ0v) is 33.6. The number of hydrogen-bond acceptors (Lipinski definition) is 10. The van der Waals surface area contributed by atoms with E-state index in [0.717, 1.165) is 83.1 Å². The Bertz CT molecular complexity index is 1800. The highest BCUT2D eigenvalue weighted by Crippen LogP contribution is 2.42. The van der Waals surface area contributed by atoms with E-state index < -0.39 is 5.97 Å². The molecule has 2 N–H and O–H groups in total. The van der Waals surface area contributed by atoms with Gasteiger partial charge in [0.1, 0.15) is 34.5 Å². The molecule has 3 aromatic carbocycles. The average molecular weight is 754 g/mol. The summed E-state index contributed by atoms with van der Waals surface area (Å²) in [6.07, 6.45) is 13.8. The van der Waals surface area contributed by atoms with Crippen molar-refractivity contribution in [3.05, 3.63) is 65.7 Å². The average Bonchev–Trinajstić information content (AvgIpc) is 3.18. The van der Waals surface area contributed by atoms with E-state index in [4.69, 9.17) is 33.9 Å². The first-order valence-electron chi connectivity index (χ1n) is 19.9. The third-order valence-electron chi connectivity index (χ3n) is 9.61. The second-order valence-electron chi connectivity index (χ2n) is 13.9. The smallest absolute Gasteiger partial charge is 0.335 e. The molecular weight excluding hydrogens is 695 g/mol. The second-order valence-corrected chi connectivity index (χ2v) is 13.9. The number of hydrogen-bond donors (Lipinski definition) is 2. The van der Waals surface area contributed by atoms with Crippen LogP contribution >= 0.6 is 0 Å². The molecule has 0 atom stereocenters. The molecule has 4 rings (SSSR count). The van der Waals surface area contributed by atoms with Crippen molar-refractivity contribution >= 4 is 5.97 Å². The largest absolute Gasteiger partial charge is 0.507 e. The Morgan fingerprint density at radius 3 is 1.31 bits per heavy atom. The lowest BCUT2D eigenvalue weighted by Gasteiger charge is -2.18. The van der Waals surface area contributed by atoms with E-state index in [-0.39, 0.29) is 34.7 Å². The van der Waals surface area contributed by atoms with Gasteiger partial charge in [-0.1, -0.05) is 85.1 Å². The number of rotatable bonds is 23. The summed E-state index contributed by atoms with van der Waals surface area (Å²) in [6.45, 7) is 17.1. The molecule has 4 aromatic rings. The van der Waals surface area contributed by atoms with Crippen LogP contribution in [-0.2, 0) is 4.79 Å². The van der Waals surface area contributed by atoms with Crippen molar-refractivity contribution in [1.82, 2.24) is 15.0 Å². The maximum atomic E-state index is 12.7. The number of benzene rings is 3. The van der Waals surface area contributed by atoms with E-state index >= 15 is 0 Å². The Morgan fingerprint density at radius 1 is 0.564 bits per heavy atom. The number of carbonyl (C=O) groups excluding carboxylic acids is 1. The molecule has 0 aliphatic carbocycles. The summed E-state index contributed by atoms with van der Waals surface area (Å²) >= 11 is 0. The van der Waals surface area contributed by atoms with Gasteiger partial charge in [0, 0.05) is 22.8 Å². The summed E-state index contributed by atoms with van der Waals surface area (Å²) in [5, 5.41) is 23.1. The topological polar surface area (TPSA) is 133 Å². The number of unbranched alkanes of at least 4 members (excludes halogenated alkanes) is 9. The van der Waals surface area contributed by atoms with Gasteiger partial charge in [-0.3, -0.25) is 0 Å². The normalized spacial score (nSPS) is 11.0. The molecule has 0 aliphatic rings. The van der Waals surface area contributed by atoms with Crippen LogP contribution in [-0.4, -0.2) is 51.0 Å². The fourth-order valence-corrected chi connectivity index (χ4v) is 6.19. The standard InChI is InChI=1S/C45H59N3O7/c1-8-12-15-18-27-52-36-24-21-33(40(50)30(36)5)43-46-44(34-22-25-37(31(6)41(34)51)53-28-19-16-13-9-2)48-45(47-43)35-23-26-38(54-29-20-17-14-10-3)32(7)42(35)55-39(49)11-4/h11,21-26,50-51H,4,8-10,12-20,27-29H2,1-3,5-7H3. The summed E-state index contributed by atoms with van der Waals surface area (Å²) in [5.41, 5.74) is 2.77. The van der Waals surface area contributed by atoms with Crippen LogP contribution in [0.5, 0.6) is 34.5 Å². The Morgan fingerprint density at radius 2 is 0.927 bits per heavy atom. The number of nitrogens with zero attached hydrogens (tertiary/aromatic N) is 3. The molecule has 0 amide bonds. The van der Waals surface area contributed by atoms with Gasteiger partial charge in [-0.05, 0) is 76.4 Å². The van der Waals surface area contributed by atoms with Crippen LogP contribution in [0, 0.1) is 20.8 Å². The maximum Gasteiger partial charge on any atom is 0.335 e. The zero-order chi connectivity index (χ0) is 39.7. The Balaban J connectivity index is 1.84. The lowest BCUT2D eigenvalue weighted by atomic mass is 10.0. The quantitative estimate of drug-likeness (QED) is 0.0326. The Kier molecular flexibility index (Phi) is 16.8. The molecule has 10 nitrogen and oxygen atoms in total. The van der Waals surface area contributed by atoms with Gasteiger partial charge in [0.2, 0.25) is 0 Å². The van der Waals surface area contributed by atoms with Crippen molar-refractivity contribution in [2.45, 2.75) is 119 Å². The summed E-state index contributed by atoms with van der Waals surface area (Å²) in [7, 11) is 0. The monoisotopic (exact) mass is 753 g/mol. The molecule has 55 heavy (non-hydrogen) atoms. The number of aromatic nitrogens is 3. The Hall–Kier alpha value is -5.12. The molecule has 0 bridgehead atoms. The van der Waals surface area contributed by atoms with Crippen molar-refractivity contribution in [2.75, 3.05) is 19.8 Å². The first kappa shape index (κ1) is 42.6. The van der Waals surface area contributed by atoms with Crippen molar-refractivity contribution in [3.63, 3.8) is 0 Å². The number of carbonyl (C=O) groups is 1. The van der Waals surface area contributed by atoms with Crippen molar-refractivity contribution < 1.29 is 34.0 Å². The van der Waals surface area contributed by atoms with Crippen molar-refractivity contribution in [1.29, 1.82) is 0 Å². The van der Waals surface area contributed by atoms with Crippen molar-refractivity contribution in [2.24, 2.45) is 0 Å². The van der Waals surface area contributed by atoms with Gasteiger partial charge in [0.25, 0.3) is 0 Å². The molecule has 0 fully saturated rings. The van der Waals surface area contributed by atoms with Gasteiger partial charge < -0.3 is 29.2 Å². The van der Waals surface area contributed by atoms with Gasteiger partial charge in [-0.15, -0.1) is 0 Å². The van der Waals surface area contributed by atoms with Crippen LogP contribution < -0.4 is 18.9 Å². The molecule has 296 valence electrons. The number of phenols is 2. The number of esters is 1. The van der Waals surface area contributed by atoms with E-state index in [1.165, 1.54) is 0 Å². The summed E-state index contributed by atoms with van der Waals surface area (Å²) in [6, 6.07) is 10.6. The number of ether oxygens (including phenoxy) is 4. The third-order valence-corrected chi connectivity index (χ3v) is 9.61. The van der Waals surface area contributed by atoms with Crippen LogP contribution in [0.2, 0.25) is 0 Å². The molecule has 0 spiro atoms. The van der Waals surface area contributed by atoms with Crippen LogP contribution in [0.4, 0.5) is 0 Å². The first-order valence-corrected chi connectivity index (χ1v) is 19.9. The van der Waals surface area contributed by atoms with E-state index in [1.54, 1.807) is 50.2 Å². The lowest BCUT2D eigenvalue weighted by Crippen LogP contribution is -2.09. The number of aromatic hydroxyl groups is 2. The molecule has 10 heteroatoms. The molecule has 0 unspecified atom stereocenters. The maximum absolute atomic E-state index is 12.7. The molecule has 0 aliphatic heterocycles. The van der Waals surface area contributed by atoms with Crippen molar-refractivity contribution in [3.8, 4) is 68.7 Å². The fraction of sp³-hybridized carbons (Fsp3) is 0.467. The molecule has 0 saturated carbocycles. The fourth-order valence-electron chi connectivity index (χ4n) is 6.19. The van der Waals surface area contributed by atoms with Gasteiger partial charge in [0.05, 0.1) is 36.5 Å². The highest BCUT2D eigenvalue weighted by Gasteiger charge is 2.24. The zero-order valence-electron chi connectivity index (χ0n) is 33.6. The lowest BCUT2D eigenvalue weighted by molar-refractivity contribution is -0.128. The van der Waals surface area contributed by atoms with Crippen LogP contribution in [0.3, 0.4) is 0 Å². The van der Waals surface area contributed by atoms with Gasteiger partial charge in [0.15, 0.2) is 17.5 Å². The second kappa shape index (κ2) is 21.7. The Labute approximate surface area is 327 Å². The summed E-state index contributed by atoms with van der Waals surface area (Å²) in [4.78, 5) is 27.2. The minimum atomic E-state index is -0.656. The van der Waals surface area contributed by atoms with Gasteiger partial charge in [-0.25, -0.2) is 19.7 Å². The first-order chi connectivity index (χ1) is 26.6. The molecule has 1 aromatic heterocycles. The minimum Gasteiger partial charge on any atom is -0.507 e. The van der Waals surface area contributed by atoms with Crippen LogP contribution in [0.1, 0.15) is 115 Å².